The second kappa shape index (κ2) is 6.57. The Morgan fingerprint density at radius 2 is 2.05 bits per heavy atom. The van der Waals surface area contributed by atoms with Crippen LogP contribution in [0.4, 0.5) is 0 Å². The van der Waals surface area contributed by atoms with Gasteiger partial charge in [-0.1, -0.05) is 12.1 Å². The lowest BCUT2D eigenvalue weighted by molar-refractivity contribution is 0.0203. The molecule has 4 heteroatoms. The number of fused-ring (bicyclic) bond motifs is 1. The van der Waals surface area contributed by atoms with Gasteiger partial charge in [-0.05, 0) is 38.0 Å². The van der Waals surface area contributed by atoms with Crippen molar-refractivity contribution in [2.75, 3.05) is 32.8 Å². The van der Waals surface area contributed by atoms with E-state index in [4.69, 9.17) is 9.47 Å². The van der Waals surface area contributed by atoms with Gasteiger partial charge in [0.1, 0.15) is 11.4 Å². The van der Waals surface area contributed by atoms with Crippen molar-refractivity contribution >= 4 is 0 Å². The van der Waals surface area contributed by atoms with Crippen LogP contribution in [0.25, 0.3) is 0 Å². The minimum atomic E-state index is -0.0563. The van der Waals surface area contributed by atoms with Crippen molar-refractivity contribution in [3.63, 3.8) is 0 Å². The lowest BCUT2D eigenvalue weighted by atomic mass is 10.0. The van der Waals surface area contributed by atoms with E-state index in [0.29, 0.717) is 6.04 Å². The van der Waals surface area contributed by atoms with Crippen LogP contribution in [0, 0.1) is 0 Å². The normalized spacial score (nSPS) is 22.1. The van der Waals surface area contributed by atoms with Gasteiger partial charge in [-0.25, -0.2) is 0 Å². The third-order valence-corrected chi connectivity index (χ3v) is 4.57. The molecular formula is C18H28N2O2. The summed E-state index contributed by atoms with van der Waals surface area (Å²) in [5.41, 5.74) is 2.62. The van der Waals surface area contributed by atoms with Gasteiger partial charge in [0.15, 0.2) is 0 Å². The Balaban J connectivity index is 1.48. The summed E-state index contributed by atoms with van der Waals surface area (Å²) < 4.78 is 11.3. The molecule has 1 aromatic rings. The van der Waals surface area contributed by atoms with Crippen LogP contribution in [0.1, 0.15) is 31.9 Å². The Kier molecular flexibility index (Phi) is 4.71. The van der Waals surface area contributed by atoms with Gasteiger partial charge >= 0.3 is 0 Å². The predicted octanol–water partition coefficient (Wildman–Crippen LogP) is 2.21. The van der Waals surface area contributed by atoms with Crippen molar-refractivity contribution in [1.82, 2.24) is 10.2 Å². The number of rotatable bonds is 5. The fraction of sp³-hybridized carbons (Fsp3) is 0.667. The number of nitrogens with zero attached hydrogens (tertiary/aromatic N) is 1. The second-order valence-electron chi connectivity index (χ2n) is 7.11. The molecule has 1 saturated heterocycles. The van der Waals surface area contributed by atoms with Gasteiger partial charge in [0.05, 0.1) is 13.2 Å². The first-order valence-electron chi connectivity index (χ1n) is 8.37. The molecular weight excluding hydrogens is 276 g/mol. The van der Waals surface area contributed by atoms with E-state index in [0.717, 1.165) is 51.6 Å². The maximum absolute atomic E-state index is 5.93. The summed E-state index contributed by atoms with van der Waals surface area (Å²) in [7, 11) is 0. The Hall–Kier alpha value is -1.10. The van der Waals surface area contributed by atoms with Crippen molar-refractivity contribution < 1.29 is 9.47 Å². The van der Waals surface area contributed by atoms with Crippen molar-refractivity contribution in [1.29, 1.82) is 0 Å². The molecule has 1 aromatic carbocycles. The van der Waals surface area contributed by atoms with Crippen LogP contribution in [0.5, 0.6) is 5.75 Å². The number of morpholine rings is 1. The Labute approximate surface area is 133 Å². The molecule has 122 valence electrons. The van der Waals surface area contributed by atoms with E-state index < -0.39 is 0 Å². The SMILES string of the molecule is CC(CNCc1ccc2c(c1)CC(C)(C)O2)N1CCOCC1. The molecule has 0 saturated carbocycles. The Morgan fingerprint density at radius 3 is 2.82 bits per heavy atom. The van der Waals surface area contributed by atoms with Crippen LogP contribution in [0.15, 0.2) is 18.2 Å². The highest BCUT2D eigenvalue weighted by Gasteiger charge is 2.29. The molecule has 0 aliphatic carbocycles. The topological polar surface area (TPSA) is 33.7 Å². The van der Waals surface area contributed by atoms with Crippen LogP contribution in [0.3, 0.4) is 0 Å². The van der Waals surface area contributed by atoms with Crippen LogP contribution in [-0.2, 0) is 17.7 Å². The molecule has 0 aromatic heterocycles. The van der Waals surface area contributed by atoms with Crippen LogP contribution in [-0.4, -0.2) is 49.4 Å². The monoisotopic (exact) mass is 304 g/mol. The second-order valence-corrected chi connectivity index (χ2v) is 7.11. The third kappa shape index (κ3) is 3.80. The summed E-state index contributed by atoms with van der Waals surface area (Å²) in [6.45, 7) is 12.3. The summed E-state index contributed by atoms with van der Waals surface area (Å²) >= 11 is 0. The first-order valence-corrected chi connectivity index (χ1v) is 8.37. The molecule has 0 radical (unpaired) electrons. The quantitative estimate of drug-likeness (QED) is 0.904. The van der Waals surface area contributed by atoms with Crippen LogP contribution in [0.2, 0.25) is 0 Å². The van der Waals surface area contributed by atoms with Crippen LogP contribution < -0.4 is 10.1 Å². The standard InChI is InChI=1S/C18H28N2O2/c1-14(20-6-8-21-9-7-20)12-19-13-15-4-5-17-16(10-15)11-18(2,3)22-17/h4-5,10,14,19H,6-9,11-13H2,1-3H3. The number of benzene rings is 1. The molecule has 2 aliphatic rings. The summed E-state index contributed by atoms with van der Waals surface area (Å²) in [4.78, 5) is 2.50. The highest BCUT2D eigenvalue weighted by Crippen LogP contribution is 2.35. The largest absolute Gasteiger partial charge is 0.487 e. The van der Waals surface area contributed by atoms with E-state index in [1.807, 2.05) is 0 Å². The lowest BCUT2D eigenvalue weighted by Crippen LogP contribution is -2.46. The molecule has 0 spiro atoms. The van der Waals surface area contributed by atoms with Gasteiger partial charge in [0, 0.05) is 38.6 Å². The fourth-order valence-corrected chi connectivity index (χ4v) is 3.35. The molecule has 1 fully saturated rings. The average Bonchev–Trinajstić information content (AvgIpc) is 2.81. The maximum atomic E-state index is 5.93. The Bertz CT molecular complexity index is 510. The average molecular weight is 304 g/mol. The van der Waals surface area contributed by atoms with Crippen LogP contribution >= 0.6 is 0 Å². The van der Waals surface area contributed by atoms with E-state index >= 15 is 0 Å². The van der Waals surface area contributed by atoms with E-state index in [-0.39, 0.29) is 5.60 Å². The lowest BCUT2D eigenvalue weighted by Gasteiger charge is -2.32. The zero-order valence-corrected chi connectivity index (χ0v) is 14.0. The highest BCUT2D eigenvalue weighted by atomic mass is 16.5. The van der Waals surface area contributed by atoms with Crippen molar-refractivity contribution in [2.45, 2.75) is 45.4 Å². The predicted molar refractivity (Wildman–Crippen MR) is 88.4 cm³/mol. The fourth-order valence-electron chi connectivity index (χ4n) is 3.35. The molecule has 0 amide bonds. The first-order chi connectivity index (χ1) is 10.5. The smallest absolute Gasteiger partial charge is 0.123 e. The molecule has 1 N–H and O–H groups in total. The minimum absolute atomic E-state index is 0.0563. The third-order valence-electron chi connectivity index (χ3n) is 4.57. The molecule has 4 nitrogen and oxygen atoms in total. The first kappa shape index (κ1) is 15.8. The molecule has 2 heterocycles. The van der Waals surface area contributed by atoms with Gasteiger partial charge in [-0.15, -0.1) is 0 Å². The maximum Gasteiger partial charge on any atom is 0.123 e. The highest BCUT2D eigenvalue weighted by molar-refractivity contribution is 5.41. The molecule has 1 atom stereocenters. The summed E-state index contributed by atoms with van der Waals surface area (Å²) in [6.07, 6.45) is 1.00. The van der Waals surface area contributed by atoms with Crippen molar-refractivity contribution in [3.05, 3.63) is 29.3 Å². The van der Waals surface area contributed by atoms with Crippen molar-refractivity contribution in [2.24, 2.45) is 0 Å². The summed E-state index contributed by atoms with van der Waals surface area (Å²) in [6, 6.07) is 7.14. The molecule has 3 rings (SSSR count). The number of hydrogen-bond acceptors (Lipinski definition) is 4. The number of ether oxygens (including phenoxy) is 2. The summed E-state index contributed by atoms with van der Waals surface area (Å²) in [5, 5.41) is 3.59. The number of hydrogen-bond donors (Lipinski definition) is 1. The Morgan fingerprint density at radius 1 is 1.27 bits per heavy atom. The van der Waals surface area contributed by atoms with Gasteiger partial charge in [0.2, 0.25) is 0 Å². The van der Waals surface area contributed by atoms with Crippen molar-refractivity contribution in [3.8, 4) is 5.75 Å². The number of nitrogens with one attached hydrogen (secondary N) is 1. The van der Waals surface area contributed by atoms with Gasteiger partial charge < -0.3 is 14.8 Å². The van der Waals surface area contributed by atoms with E-state index in [2.05, 4.69) is 49.2 Å². The molecule has 0 bridgehead atoms. The summed E-state index contributed by atoms with van der Waals surface area (Å²) in [5.74, 6) is 1.05. The van der Waals surface area contributed by atoms with Gasteiger partial charge in [0.25, 0.3) is 0 Å². The zero-order valence-electron chi connectivity index (χ0n) is 14.0. The van der Waals surface area contributed by atoms with Gasteiger partial charge in [-0.3, -0.25) is 4.90 Å². The van der Waals surface area contributed by atoms with E-state index in [1.54, 1.807) is 0 Å². The van der Waals surface area contributed by atoms with Gasteiger partial charge in [-0.2, -0.15) is 0 Å². The molecule has 22 heavy (non-hydrogen) atoms. The molecule has 2 aliphatic heterocycles. The van der Waals surface area contributed by atoms with E-state index in [1.165, 1.54) is 11.1 Å². The van der Waals surface area contributed by atoms with E-state index in [9.17, 15) is 0 Å². The minimum Gasteiger partial charge on any atom is -0.487 e. The molecule has 1 unspecified atom stereocenters. The zero-order chi connectivity index (χ0) is 15.6.